The first-order valence-electron chi connectivity index (χ1n) is 3.71. The fourth-order valence-corrected chi connectivity index (χ4v) is 1.24. The lowest BCUT2D eigenvalue weighted by atomic mass is 10.1. The first-order chi connectivity index (χ1) is 4.84. The van der Waals surface area contributed by atoms with Crippen molar-refractivity contribution in [1.29, 1.82) is 0 Å². The molecule has 1 aliphatic rings. The normalized spacial score (nSPS) is 24.6. The number of nitrogens with one attached hydrogen (secondary N) is 1. The number of ketones is 1. The van der Waals surface area contributed by atoms with Crippen LogP contribution in [0.4, 0.5) is 0 Å². The molecular formula is C8H13NO. The Bertz CT molecular complexity index is 136. The predicted octanol–water partition coefficient (Wildman–Crippen LogP) is 0.884. The van der Waals surface area contributed by atoms with Crippen LogP contribution in [0, 0.1) is 0 Å². The van der Waals surface area contributed by atoms with Gasteiger partial charge >= 0.3 is 0 Å². The van der Waals surface area contributed by atoms with E-state index in [-0.39, 0.29) is 11.8 Å². The van der Waals surface area contributed by atoms with Gasteiger partial charge in [-0.05, 0) is 19.4 Å². The van der Waals surface area contributed by atoms with Gasteiger partial charge in [-0.3, -0.25) is 4.79 Å². The van der Waals surface area contributed by atoms with Gasteiger partial charge in [0.25, 0.3) is 0 Å². The molecule has 0 amide bonds. The molecule has 0 spiro atoms. The molecule has 56 valence electrons. The summed E-state index contributed by atoms with van der Waals surface area (Å²) in [5.74, 6) is 0.285. The quantitative estimate of drug-likeness (QED) is 0.588. The number of hydrogen-bond acceptors (Lipinski definition) is 2. The first kappa shape index (κ1) is 7.48. The Labute approximate surface area is 61.3 Å². The van der Waals surface area contributed by atoms with Crippen LogP contribution in [-0.2, 0) is 4.79 Å². The van der Waals surface area contributed by atoms with Crippen LogP contribution >= 0.6 is 0 Å². The Hall–Kier alpha value is -0.630. The van der Waals surface area contributed by atoms with Crippen molar-refractivity contribution in [2.45, 2.75) is 25.3 Å². The Morgan fingerprint density at radius 2 is 2.60 bits per heavy atom. The van der Waals surface area contributed by atoms with Crippen LogP contribution in [0.25, 0.3) is 0 Å². The summed E-state index contributed by atoms with van der Waals surface area (Å²) in [4.78, 5) is 11.1. The van der Waals surface area contributed by atoms with E-state index in [4.69, 9.17) is 0 Å². The molecule has 0 saturated carbocycles. The summed E-state index contributed by atoms with van der Waals surface area (Å²) in [7, 11) is 0. The molecule has 1 saturated heterocycles. The average molecular weight is 139 g/mol. The molecule has 0 aromatic rings. The summed E-state index contributed by atoms with van der Waals surface area (Å²) in [5.41, 5.74) is 0. The summed E-state index contributed by atoms with van der Waals surface area (Å²) in [6.45, 7) is 4.52. The SMILES string of the molecule is C=CCC(=O)C1CCCN1. The largest absolute Gasteiger partial charge is 0.307 e. The highest BCUT2D eigenvalue weighted by Gasteiger charge is 2.19. The number of allylic oxidation sites excluding steroid dienone is 1. The molecule has 0 aromatic heterocycles. The van der Waals surface area contributed by atoms with Gasteiger partial charge in [0.05, 0.1) is 6.04 Å². The highest BCUT2D eigenvalue weighted by molar-refractivity contribution is 5.85. The van der Waals surface area contributed by atoms with E-state index < -0.39 is 0 Å². The van der Waals surface area contributed by atoms with Crippen LogP contribution in [0.5, 0.6) is 0 Å². The van der Waals surface area contributed by atoms with Crippen LogP contribution in [0.1, 0.15) is 19.3 Å². The Balaban J connectivity index is 2.32. The summed E-state index contributed by atoms with van der Waals surface area (Å²) >= 11 is 0. The molecule has 0 bridgehead atoms. The van der Waals surface area contributed by atoms with Gasteiger partial charge in [-0.15, -0.1) is 6.58 Å². The third kappa shape index (κ3) is 1.67. The molecular weight excluding hydrogens is 126 g/mol. The van der Waals surface area contributed by atoms with E-state index in [1.807, 2.05) is 0 Å². The van der Waals surface area contributed by atoms with Gasteiger partial charge in [-0.25, -0.2) is 0 Å². The zero-order valence-corrected chi connectivity index (χ0v) is 6.10. The highest BCUT2D eigenvalue weighted by Crippen LogP contribution is 2.07. The van der Waals surface area contributed by atoms with Crippen LogP contribution in [0.3, 0.4) is 0 Å². The third-order valence-electron chi connectivity index (χ3n) is 1.79. The second-order valence-electron chi connectivity index (χ2n) is 2.61. The van der Waals surface area contributed by atoms with Crippen molar-refractivity contribution >= 4 is 5.78 Å². The molecule has 1 heterocycles. The minimum absolute atomic E-state index is 0.123. The van der Waals surface area contributed by atoms with Crippen molar-refractivity contribution in [2.24, 2.45) is 0 Å². The fourth-order valence-electron chi connectivity index (χ4n) is 1.24. The van der Waals surface area contributed by atoms with E-state index in [1.54, 1.807) is 6.08 Å². The van der Waals surface area contributed by atoms with Crippen molar-refractivity contribution < 1.29 is 4.79 Å². The summed E-state index contributed by atoms with van der Waals surface area (Å²) in [5, 5.41) is 3.14. The van der Waals surface area contributed by atoms with Crippen LogP contribution in [0.15, 0.2) is 12.7 Å². The van der Waals surface area contributed by atoms with Gasteiger partial charge in [0.1, 0.15) is 0 Å². The van der Waals surface area contributed by atoms with Crippen LogP contribution in [0.2, 0.25) is 0 Å². The van der Waals surface area contributed by atoms with Crippen molar-refractivity contribution in [3.63, 3.8) is 0 Å². The van der Waals surface area contributed by atoms with E-state index in [1.165, 1.54) is 0 Å². The van der Waals surface area contributed by atoms with Gasteiger partial charge in [-0.1, -0.05) is 6.08 Å². The Morgan fingerprint density at radius 1 is 1.80 bits per heavy atom. The lowest BCUT2D eigenvalue weighted by molar-refractivity contribution is -0.119. The number of Topliss-reactive ketones (excluding diaryl/α,β-unsaturated/α-hetero) is 1. The Morgan fingerprint density at radius 3 is 3.10 bits per heavy atom. The molecule has 0 aliphatic carbocycles. The molecule has 2 nitrogen and oxygen atoms in total. The third-order valence-corrected chi connectivity index (χ3v) is 1.79. The number of hydrogen-bond donors (Lipinski definition) is 1. The second-order valence-corrected chi connectivity index (χ2v) is 2.61. The van der Waals surface area contributed by atoms with E-state index in [9.17, 15) is 4.79 Å². The van der Waals surface area contributed by atoms with E-state index in [0.29, 0.717) is 6.42 Å². The molecule has 1 aliphatic heterocycles. The minimum Gasteiger partial charge on any atom is -0.307 e. The van der Waals surface area contributed by atoms with Gasteiger partial charge in [0.2, 0.25) is 0 Å². The molecule has 2 heteroatoms. The monoisotopic (exact) mass is 139 g/mol. The van der Waals surface area contributed by atoms with Crippen molar-refractivity contribution in [2.75, 3.05) is 6.54 Å². The van der Waals surface area contributed by atoms with Crippen molar-refractivity contribution in [3.8, 4) is 0 Å². The van der Waals surface area contributed by atoms with Crippen LogP contribution < -0.4 is 5.32 Å². The maximum Gasteiger partial charge on any atom is 0.153 e. The van der Waals surface area contributed by atoms with Crippen LogP contribution in [-0.4, -0.2) is 18.4 Å². The average Bonchev–Trinajstić information content (AvgIpc) is 2.38. The predicted molar refractivity (Wildman–Crippen MR) is 40.8 cm³/mol. The maximum atomic E-state index is 11.1. The van der Waals surface area contributed by atoms with Gasteiger partial charge in [-0.2, -0.15) is 0 Å². The summed E-state index contributed by atoms with van der Waals surface area (Å²) in [6, 6.07) is 0.123. The molecule has 10 heavy (non-hydrogen) atoms. The number of rotatable bonds is 3. The Kier molecular flexibility index (Phi) is 2.63. The second kappa shape index (κ2) is 3.52. The van der Waals surface area contributed by atoms with Crippen molar-refractivity contribution in [1.82, 2.24) is 5.32 Å². The van der Waals surface area contributed by atoms with Gasteiger partial charge in [0.15, 0.2) is 5.78 Å². The van der Waals surface area contributed by atoms with E-state index in [0.717, 1.165) is 19.4 Å². The smallest absolute Gasteiger partial charge is 0.153 e. The molecule has 1 fully saturated rings. The first-order valence-corrected chi connectivity index (χ1v) is 3.71. The maximum absolute atomic E-state index is 11.1. The molecule has 1 N–H and O–H groups in total. The molecule has 0 aromatic carbocycles. The highest BCUT2D eigenvalue weighted by atomic mass is 16.1. The van der Waals surface area contributed by atoms with E-state index >= 15 is 0 Å². The fraction of sp³-hybridized carbons (Fsp3) is 0.625. The lowest BCUT2D eigenvalue weighted by Gasteiger charge is -2.05. The van der Waals surface area contributed by atoms with Gasteiger partial charge < -0.3 is 5.32 Å². The molecule has 1 rings (SSSR count). The van der Waals surface area contributed by atoms with Gasteiger partial charge in [0, 0.05) is 6.42 Å². The molecule has 1 unspecified atom stereocenters. The lowest BCUT2D eigenvalue weighted by Crippen LogP contribution is -2.30. The number of carbonyl (C=O) groups excluding carboxylic acids is 1. The standard InChI is InChI=1S/C8H13NO/c1-2-4-8(10)7-5-3-6-9-7/h2,7,9H,1,3-6H2. The summed E-state index contributed by atoms with van der Waals surface area (Å²) in [6.07, 6.45) is 4.32. The zero-order valence-electron chi connectivity index (χ0n) is 6.10. The minimum atomic E-state index is 0.123. The molecule has 0 radical (unpaired) electrons. The number of carbonyl (C=O) groups is 1. The summed E-state index contributed by atoms with van der Waals surface area (Å²) < 4.78 is 0. The topological polar surface area (TPSA) is 29.1 Å². The molecule has 1 atom stereocenters. The zero-order chi connectivity index (χ0) is 7.40. The van der Waals surface area contributed by atoms with E-state index in [2.05, 4.69) is 11.9 Å². The van der Waals surface area contributed by atoms with Crippen molar-refractivity contribution in [3.05, 3.63) is 12.7 Å².